The van der Waals surface area contributed by atoms with Crippen LogP contribution in [0.15, 0.2) is 45.2 Å². The summed E-state index contributed by atoms with van der Waals surface area (Å²) in [6, 6.07) is 0.446. The minimum absolute atomic E-state index is 0. The third kappa shape index (κ3) is 5.77. The topological polar surface area (TPSA) is 177 Å². The molecule has 4 heterocycles. The molecule has 2 aliphatic heterocycles. The third-order valence-corrected chi connectivity index (χ3v) is 8.52. The molecular formula is C19H16ClN6NaO6S3. The number of anilines is 1. The molecule has 2 aromatic heterocycles. The standard InChI is InChI=1S/C19H17ClN6O6S3.Na/c1-32-24-12(10-7-35-19(21)22-10)15(27)23-13-16(28)26-14(18(29)30)8(6-34-17(13)26)5-33-11-4-25(31)3-2-9(11)20;/h2-4,7,13,17H,5-6H2,1H3,(H2,21,22)(H,23,27)(H,29,30);/q;+1/p-1/b24-12-;/t13?,17-;/m0./s1. The van der Waals surface area contributed by atoms with E-state index >= 15 is 0 Å². The number of nitrogen functional groups attached to an aromatic ring is 1. The number of nitrogens with two attached hydrogens (primary N) is 1. The molecule has 3 N–H and O–H groups in total. The summed E-state index contributed by atoms with van der Waals surface area (Å²) >= 11 is 9.66. The minimum atomic E-state index is -1.51. The molecule has 4 rings (SSSR count). The fraction of sp³-hybridized carbons (Fsp3) is 0.263. The van der Waals surface area contributed by atoms with E-state index in [1.54, 1.807) is 0 Å². The molecule has 12 nitrogen and oxygen atoms in total. The van der Waals surface area contributed by atoms with E-state index in [0.717, 1.165) is 16.2 Å². The summed E-state index contributed by atoms with van der Waals surface area (Å²) in [7, 11) is 1.26. The van der Waals surface area contributed by atoms with Crippen molar-refractivity contribution < 1.29 is 58.6 Å². The van der Waals surface area contributed by atoms with Gasteiger partial charge in [0.2, 0.25) is 0 Å². The summed E-state index contributed by atoms with van der Waals surface area (Å²) in [4.78, 5) is 47.9. The zero-order valence-electron chi connectivity index (χ0n) is 18.8. The molecule has 36 heavy (non-hydrogen) atoms. The number of nitrogens with zero attached hydrogens (tertiary/aromatic N) is 4. The van der Waals surface area contributed by atoms with Gasteiger partial charge in [-0.2, -0.15) is 4.73 Å². The zero-order chi connectivity index (χ0) is 25.3. The van der Waals surface area contributed by atoms with Gasteiger partial charge in [0.1, 0.15) is 24.2 Å². The number of carboxylic acid groups (broad SMARTS) is 1. The molecule has 17 heteroatoms. The second-order valence-corrected chi connectivity index (χ2v) is 10.5. The average molecular weight is 579 g/mol. The summed E-state index contributed by atoms with van der Waals surface area (Å²) in [6.07, 6.45) is 2.53. The maximum atomic E-state index is 12.9. The van der Waals surface area contributed by atoms with Gasteiger partial charge in [-0.25, -0.2) is 4.98 Å². The molecule has 0 bridgehead atoms. The monoisotopic (exact) mass is 578 g/mol. The first-order valence-corrected chi connectivity index (χ1v) is 13.0. The van der Waals surface area contributed by atoms with Gasteiger partial charge >= 0.3 is 29.6 Å². The van der Waals surface area contributed by atoms with Crippen LogP contribution in [0, 0.1) is 5.21 Å². The van der Waals surface area contributed by atoms with E-state index in [1.165, 1.54) is 54.5 Å². The van der Waals surface area contributed by atoms with Crippen LogP contribution in [0.1, 0.15) is 5.69 Å². The largest absolute Gasteiger partial charge is 1.00 e. The number of nitrogens with one attached hydrogen (secondary N) is 1. The van der Waals surface area contributed by atoms with Crippen molar-refractivity contribution in [2.45, 2.75) is 16.3 Å². The Kier molecular flexibility index (Phi) is 9.54. The van der Waals surface area contributed by atoms with Gasteiger partial charge in [0, 0.05) is 23.0 Å². The first-order valence-electron chi connectivity index (χ1n) is 9.73. The van der Waals surface area contributed by atoms with Crippen molar-refractivity contribution in [3.63, 3.8) is 0 Å². The Bertz CT molecular complexity index is 1270. The molecule has 1 fully saturated rings. The Balaban J connectivity index is 0.00000361. The fourth-order valence-electron chi connectivity index (χ4n) is 3.40. The van der Waals surface area contributed by atoms with Crippen molar-refractivity contribution in [3.05, 3.63) is 51.0 Å². The Labute approximate surface area is 244 Å². The number of β-lactam (4-membered cyclic amide) rings is 1. The molecular weight excluding hydrogens is 563 g/mol. The van der Waals surface area contributed by atoms with Crippen LogP contribution < -0.4 is 50.4 Å². The molecule has 1 saturated heterocycles. The van der Waals surface area contributed by atoms with E-state index in [9.17, 15) is 24.7 Å². The molecule has 2 amide bonds. The third-order valence-electron chi connectivity index (χ3n) is 4.94. The maximum absolute atomic E-state index is 12.9. The molecule has 2 atom stereocenters. The van der Waals surface area contributed by atoms with E-state index in [-0.39, 0.29) is 63.3 Å². The number of rotatable bonds is 8. The van der Waals surface area contributed by atoms with E-state index in [4.69, 9.17) is 22.2 Å². The van der Waals surface area contributed by atoms with E-state index in [1.807, 2.05) is 0 Å². The smallest absolute Gasteiger partial charge is 0.619 e. The Morgan fingerprint density at radius 1 is 1.50 bits per heavy atom. The summed E-state index contributed by atoms with van der Waals surface area (Å²) in [5.74, 6) is -2.41. The van der Waals surface area contributed by atoms with Crippen LogP contribution in [-0.4, -0.2) is 63.4 Å². The number of aromatic nitrogens is 2. The number of thioether (sulfide) groups is 2. The molecule has 0 saturated carbocycles. The summed E-state index contributed by atoms with van der Waals surface area (Å²) in [5.41, 5.74) is 5.81. The van der Waals surface area contributed by atoms with Crippen molar-refractivity contribution in [1.29, 1.82) is 0 Å². The number of aliphatic carboxylic acids is 1. The SMILES string of the molecule is CO/N=C(\C(=O)NC1C(=O)N2C(C(=O)[O-])=C(CSc3c[n+]([O-])ccc3Cl)CS[C@@H]12)c1csc(N)n1.[Na+]. The van der Waals surface area contributed by atoms with E-state index in [0.29, 0.717) is 20.2 Å². The molecule has 0 aromatic carbocycles. The molecule has 0 aliphatic carbocycles. The van der Waals surface area contributed by atoms with Crippen LogP contribution in [-0.2, 0) is 19.2 Å². The first kappa shape index (κ1) is 28.6. The van der Waals surface area contributed by atoms with Crippen molar-refractivity contribution >= 4 is 75.1 Å². The summed E-state index contributed by atoms with van der Waals surface area (Å²) in [6.45, 7) is 0. The number of carbonyl (C=O) groups excluding carboxylic acids is 3. The fourth-order valence-corrected chi connectivity index (χ4v) is 6.64. The van der Waals surface area contributed by atoms with Crippen molar-refractivity contribution in [2.24, 2.45) is 5.16 Å². The first-order chi connectivity index (χ1) is 16.7. The Hall–Kier alpha value is -2.01. The van der Waals surface area contributed by atoms with Gasteiger partial charge in [0.25, 0.3) is 11.8 Å². The number of carboxylic acids is 1. The average Bonchev–Trinajstić information content (AvgIpc) is 3.26. The number of halogens is 1. The predicted molar refractivity (Wildman–Crippen MR) is 128 cm³/mol. The number of oxime groups is 1. The number of fused-ring (bicyclic) bond motifs is 1. The molecule has 0 spiro atoms. The van der Waals surface area contributed by atoms with Gasteiger partial charge in [-0.1, -0.05) is 16.8 Å². The van der Waals surface area contributed by atoms with E-state index in [2.05, 4.69) is 15.5 Å². The molecule has 1 unspecified atom stereocenters. The number of hydrogen-bond donors (Lipinski definition) is 2. The van der Waals surface area contributed by atoms with Crippen molar-refractivity contribution in [1.82, 2.24) is 15.2 Å². The second-order valence-electron chi connectivity index (χ2n) is 7.10. The van der Waals surface area contributed by atoms with E-state index < -0.39 is 29.2 Å². The van der Waals surface area contributed by atoms with Gasteiger partial charge in [-0.3, -0.25) is 14.5 Å². The van der Waals surface area contributed by atoms with Crippen LogP contribution in [0.4, 0.5) is 5.13 Å². The number of thiazole rings is 1. The number of amides is 2. The van der Waals surface area contributed by atoms with Crippen LogP contribution in [0.3, 0.4) is 0 Å². The normalized spacial score (nSPS) is 19.2. The van der Waals surface area contributed by atoms with Gasteiger partial charge in [-0.05, 0) is 5.57 Å². The maximum Gasteiger partial charge on any atom is 1.00 e. The Morgan fingerprint density at radius 3 is 2.89 bits per heavy atom. The number of pyridine rings is 1. The molecule has 0 radical (unpaired) electrons. The quantitative estimate of drug-likeness (QED) is 0.0609. The second kappa shape index (κ2) is 12.0. The van der Waals surface area contributed by atoms with Crippen LogP contribution >= 0.6 is 46.5 Å². The molecule has 2 aromatic rings. The van der Waals surface area contributed by atoms with Crippen LogP contribution in [0.2, 0.25) is 5.02 Å². The summed E-state index contributed by atoms with van der Waals surface area (Å²) < 4.78 is 0.585. The summed E-state index contributed by atoms with van der Waals surface area (Å²) in [5, 5.41) is 31.2. The number of carbonyl (C=O) groups is 3. The van der Waals surface area contributed by atoms with Gasteiger partial charge in [-0.15, -0.1) is 34.9 Å². The molecule has 2 aliphatic rings. The zero-order valence-corrected chi connectivity index (χ0v) is 24.0. The van der Waals surface area contributed by atoms with Crippen LogP contribution in [0.25, 0.3) is 0 Å². The van der Waals surface area contributed by atoms with Crippen LogP contribution in [0.5, 0.6) is 0 Å². The van der Waals surface area contributed by atoms with Gasteiger partial charge in [0.15, 0.2) is 23.2 Å². The predicted octanol–water partition coefficient (Wildman–Crippen LogP) is -3.44. The van der Waals surface area contributed by atoms with Crippen molar-refractivity contribution in [3.8, 4) is 0 Å². The van der Waals surface area contributed by atoms with Crippen molar-refractivity contribution in [2.75, 3.05) is 24.3 Å². The van der Waals surface area contributed by atoms with Gasteiger partial charge < -0.3 is 31.0 Å². The Morgan fingerprint density at radius 2 is 2.25 bits per heavy atom. The number of hydrogen-bond acceptors (Lipinski definition) is 12. The van der Waals surface area contributed by atoms with Gasteiger partial charge in [0.05, 0.1) is 21.6 Å². The minimum Gasteiger partial charge on any atom is -0.619 e. The molecule has 184 valence electrons.